The van der Waals surface area contributed by atoms with Crippen molar-refractivity contribution in [3.63, 3.8) is 0 Å². The highest BCUT2D eigenvalue weighted by atomic mass is 16.5. The molecule has 0 aliphatic carbocycles. The van der Waals surface area contributed by atoms with Crippen molar-refractivity contribution in [1.29, 1.82) is 0 Å². The standard InChI is InChI=1S/C16H18N2O2/c1-3-12(2)20-15-8-6-14(7-9-15)18-16(19)13-5-4-10-17-11-13/h4-12H,3H2,1-2H3,(H,18,19). The summed E-state index contributed by atoms with van der Waals surface area (Å²) in [6.45, 7) is 4.10. The van der Waals surface area contributed by atoms with Crippen LogP contribution < -0.4 is 10.1 Å². The van der Waals surface area contributed by atoms with Gasteiger partial charge in [-0.15, -0.1) is 0 Å². The van der Waals surface area contributed by atoms with Gasteiger partial charge >= 0.3 is 0 Å². The Balaban J connectivity index is 1.99. The molecule has 1 N–H and O–H groups in total. The number of pyridine rings is 1. The molecule has 0 aliphatic rings. The first-order valence-electron chi connectivity index (χ1n) is 6.67. The van der Waals surface area contributed by atoms with Crippen LogP contribution in [0.1, 0.15) is 30.6 Å². The highest BCUT2D eigenvalue weighted by Gasteiger charge is 2.06. The number of hydrogen-bond donors (Lipinski definition) is 1. The molecular weight excluding hydrogens is 252 g/mol. The van der Waals surface area contributed by atoms with Gasteiger partial charge in [-0.1, -0.05) is 6.92 Å². The number of hydrogen-bond acceptors (Lipinski definition) is 3. The average molecular weight is 270 g/mol. The summed E-state index contributed by atoms with van der Waals surface area (Å²) in [5.41, 5.74) is 1.27. The van der Waals surface area contributed by atoms with Crippen LogP contribution in [0.4, 0.5) is 5.69 Å². The molecule has 1 atom stereocenters. The number of anilines is 1. The molecule has 0 fully saturated rings. The Kier molecular flexibility index (Phi) is 4.71. The van der Waals surface area contributed by atoms with E-state index in [1.807, 2.05) is 31.2 Å². The van der Waals surface area contributed by atoms with E-state index in [2.05, 4.69) is 17.2 Å². The first-order chi connectivity index (χ1) is 9.69. The Morgan fingerprint density at radius 1 is 1.30 bits per heavy atom. The number of nitrogens with zero attached hydrogens (tertiary/aromatic N) is 1. The maximum atomic E-state index is 11.9. The van der Waals surface area contributed by atoms with Gasteiger partial charge in [-0.2, -0.15) is 0 Å². The summed E-state index contributed by atoms with van der Waals surface area (Å²) < 4.78 is 5.69. The van der Waals surface area contributed by atoms with E-state index in [-0.39, 0.29) is 12.0 Å². The van der Waals surface area contributed by atoms with Crippen LogP contribution in [0, 0.1) is 0 Å². The lowest BCUT2D eigenvalue weighted by Crippen LogP contribution is -2.12. The second-order valence-electron chi connectivity index (χ2n) is 4.56. The number of carbonyl (C=O) groups is 1. The Bertz CT molecular complexity index is 552. The van der Waals surface area contributed by atoms with Crippen LogP contribution in [0.2, 0.25) is 0 Å². The van der Waals surface area contributed by atoms with Crippen molar-refractivity contribution in [1.82, 2.24) is 4.98 Å². The van der Waals surface area contributed by atoms with Crippen molar-refractivity contribution in [3.05, 3.63) is 54.4 Å². The third kappa shape index (κ3) is 3.82. The quantitative estimate of drug-likeness (QED) is 0.904. The molecule has 1 unspecified atom stereocenters. The Hall–Kier alpha value is -2.36. The smallest absolute Gasteiger partial charge is 0.257 e. The summed E-state index contributed by atoms with van der Waals surface area (Å²) in [4.78, 5) is 15.9. The van der Waals surface area contributed by atoms with E-state index < -0.39 is 0 Å². The molecule has 20 heavy (non-hydrogen) atoms. The molecule has 0 saturated carbocycles. The fourth-order valence-electron chi connectivity index (χ4n) is 1.63. The van der Waals surface area contributed by atoms with Gasteiger partial charge in [0.25, 0.3) is 5.91 Å². The number of aromatic nitrogens is 1. The molecule has 0 aliphatic heterocycles. The van der Waals surface area contributed by atoms with E-state index in [0.717, 1.165) is 17.9 Å². The predicted molar refractivity (Wildman–Crippen MR) is 79.0 cm³/mol. The summed E-state index contributed by atoms with van der Waals surface area (Å²) in [5.74, 6) is 0.632. The van der Waals surface area contributed by atoms with Crippen LogP contribution in [0.15, 0.2) is 48.8 Å². The van der Waals surface area contributed by atoms with Gasteiger partial charge in [0.2, 0.25) is 0 Å². The molecule has 4 nitrogen and oxygen atoms in total. The molecule has 104 valence electrons. The Labute approximate surface area is 118 Å². The van der Waals surface area contributed by atoms with Crippen molar-refractivity contribution >= 4 is 11.6 Å². The zero-order chi connectivity index (χ0) is 14.4. The highest BCUT2D eigenvalue weighted by molar-refractivity contribution is 6.04. The molecule has 2 aromatic rings. The fourth-order valence-corrected chi connectivity index (χ4v) is 1.63. The fraction of sp³-hybridized carbons (Fsp3) is 0.250. The zero-order valence-corrected chi connectivity index (χ0v) is 11.7. The Morgan fingerprint density at radius 3 is 2.65 bits per heavy atom. The van der Waals surface area contributed by atoms with E-state index in [9.17, 15) is 4.79 Å². The molecule has 0 spiro atoms. The van der Waals surface area contributed by atoms with Gasteiger partial charge < -0.3 is 10.1 Å². The number of ether oxygens (including phenoxy) is 1. The zero-order valence-electron chi connectivity index (χ0n) is 11.7. The topological polar surface area (TPSA) is 51.2 Å². The molecule has 0 bridgehead atoms. The van der Waals surface area contributed by atoms with Gasteiger partial charge in [-0.25, -0.2) is 0 Å². The van der Waals surface area contributed by atoms with Crippen molar-refractivity contribution in [2.45, 2.75) is 26.4 Å². The highest BCUT2D eigenvalue weighted by Crippen LogP contribution is 2.18. The van der Waals surface area contributed by atoms with Gasteiger partial charge in [0.05, 0.1) is 11.7 Å². The van der Waals surface area contributed by atoms with Gasteiger partial charge in [-0.3, -0.25) is 9.78 Å². The Morgan fingerprint density at radius 2 is 2.05 bits per heavy atom. The maximum absolute atomic E-state index is 11.9. The van der Waals surface area contributed by atoms with Crippen LogP contribution in [0.25, 0.3) is 0 Å². The summed E-state index contributed by atoms with van der Waals surface area (Å²) in [7, 11) is 0. The minimum absolute atomic E-state index is 0.173. The van der Waals surface area contributed by atoms with E-state index in [4.69, 9.17) is 4.74 Å². The maximum Gasteiger partial charge on any atom is 0.257 e. The lowest BCUT2D eigenvalue weighted by atomic mass is 10.2. The third-order valence-electron chi connectivity index (χ3n) is 2.95. The van der Waals surface area contributed by atoms with Crippen LogP contribution in [-0.2, 0) is 0 Å². The molecule has 1 aromatic carbocycles. The normalized spacial score (nSPS) is 11.7. The van der Waals surface area contributed by atoms with Crippen LogP contribution >= 0.6 is 0 Å². The number of carbonyl (C=O) groups excluding carboxylic acids is 1. The first-order valence-corrected chi connectivity index (χ1v) is 6.67. The van der Waals surface area contributed by atoms with Crippen LogP contribution in [-0.4, -0.2) is 17.0 Å². The van der Waals surface area contributed by atoms with Gasteiger partial charge in [-0.05, 0) is 49.7 Å². The summed E-state index contributed by atoms with van der Waals surface area (Å²) in [6.07, 6.45) is 4.32. The molecule has 4 heteroatoms. The third-order valence-corrected chi connectivity index (χ3v) is 2.95. The number of nitrogens with one attached hydrogen (secondary N) is 1. The average Bonchev–Trinajstić information content (AvgIpc) is 2.50. The van der Waals surface area contributed by atoms with E-state index >= 15 is 0 Å². The molecule has 0 radical (unpaired) electrons. The molecule has 0 saturated heterocycles. The molecule has 1 amide bonds. The number of benzene rings is 1. The van der Waals surface area contributed by atoms with Crippen molar-refractivity contribution in [2.24, 2.45) is 0 Å². The SMILES string of the molecule is CCC(C)Oc1ccc(NC(=O)c2cccnc2)cc1. The number of rotatable bonds is 5. The summed E-state index contributed by atoms with van der Waals surface area (Å²) >= 11 is 0. The minimum Gasteiger partial charge on any atom is -0.491 e. The first kappa shape index (κ1) is 14.1. The molecule has 2 rings (SSSR count). The van der Waals surface area contributed by atoms with E-state index in [1.165, 1.54) is 6.20 Å². The molecular formula is C16H18N2O2. The summed E-state index contributed by atoms with van der Waals surface area (Å²) in [5, 5.41) is 2.82. The van der Waals surface area contributed by atoms with Gasteiger partial charge in [0, 0.05) is 18.1 Å². The second-order valence-corrected chi connectivity index (χ2v) is 4.56. The summed E-state index contributed by atoms with van der Waals surface area (Å²) in [6, 6.07) is 10.8. The predicted octanol–water partition coefficient (Wildman–Crippen LogP) is 3.51. The van der Waals surface area contributed by atoms with Gasteiger partial charge in [0.15, 0.2) is 0 Å². The van der Waals surface area contributed by atoms with E-state index in [0.29, 0.717) is 5.56 Å². The lowest BCUT2D eigenvalue weighted by Gasteiger charge is -2.13. The van der Waals surface area contributed by atoms with E-state index in [1.54, 1.807) is 18.3 Å². The second kappa shape index (κ2) is 6.70. The van der Waals surface area contributed by atoms with Gasteiger partial charge in [0.1, 0.15) is 5.75 Å². The largest absolute Gasteiger partial charge is 0.491 e. The minimum atomic E-state index is -0.173. The van der Waals surface area contributed by atoms with Crippen molar-refractivity contribution in [3.8, 4) is 5.75 Å². The molecule has 1 heterocycles. The number of amides is 1. The molecule has 1 aromatic heterocycles. The van der Waals surface area contributed by atoms with Crippen LogP contribution in [0.5, 0.6) is 5.75 Å². The lowest BCUT2D eigenvalue weighted by molar-refractivity contribution is 0.102. The van der Waals surface area contributed by atoms with Crippen molar-refractivity contribution < 1.29 is 9.53 Å². The van der Waals surface area contributed by atoms with Crippen LogP contribution in [0.3, 0.4) is 0 Å². The monoisotopic (exact) mass is 270 g/mol. The van der Waals surface area contributed by atoms with Crippen molar-refractivity contribution in [2.75, 3.05) is 5.32 Å².